The van der Waals surface area contributed by atoms with Crippen molar-refractivity contribution in [3.05, 3.63) is 0 Å². The van der Waals surface area contributed by atoms with Gasteiger partial charge >= 0.3 is 0 Å². The van der Waals surface area contributed by atoms with Crippen LogP contribution >= 0.6 is 0 Å². The number of amides is 1. The standard InChI is InChI=1S/C12H25N3O2/c1-10-4-3-6-15(11(10)8-13)12(16)9-14-5-7-17-2/h10-11,14H,3-9,13H2,1-2H3/t10-,11-/m0/s1. The summed E-state index contributed by atoms with van der Waals surface area (Å²) in [4.78, 5) is 14.0. The second-order valence-electron chi connectivity index (χ2n) is 4.68. The number of nitrogens with one attached hydrogen (secondary N) is 1. The maximum Gasteiger partial charge on any atom is 0.236 e. The minimum Gasteiger partial charge on any atom is -0.383 e. The Labute approximate surface area is 104 Å². The summed E-state index contributed by atoms with van der Waals surface area (Å²) < 4.78 is 4.92. The third-order valence-corrected chi connectivity index (χ3v) is 3.44. The van der Waals surface area contributed by atoms with Gasteiger partial charge in [0.15, 0.2) is 0 Å². The van der Waals surface area contributed by atoms with E-state index in [4.69, 9.17) is 10.5 Å². The van der Waals surface area contributed by atoms with Gasteiger partial charge in [0.25, 0.3) is 0 Å². The molecule has 3 N–H and O–H groups in total. The van der Waals surface area contributed by atoms with Crippen LogP contribution in [0.1, 0.15) is 19.8 Å². The molecule has 1 aliphatic heterocycles. The number of hydrogen-bond donors (Lipinski definition) is 2. The van der Waals surface area contributed by atoms with E-state index in [9.17, 15) is 4.79 Å². The molecule has 0 aromatic rings. The number of hydrogen-bond acceptors (Lipinski definition) is 4. The molecular weight excluding hydrogens is 218 g/mol. The topological polar surface area (TPSA) is 67.6 Å². The molecule has 5 heteroatoms. The van der Waals surface area contributed by atoms with Crippen LogP contribution in [-0.4, -0.2) is 56.7 Å². The molecule has 0 spiro atoms. The molecule has 0 radical (unpaired) electrons. The molecule has 5 nitrogen and oxygen atoms in total. The van der Waals surface area contributed by atoms with Crippen molar-refractivity contribution in [1.82, 2.24) is 10.2 Å². The van der Waals surface area contributed by atoms with E-state index in [1.165, 1.54) is 6.42 Å². The number of piperidine rings is 1. The lowest BCUT2D eigenvalue weighted by molar-refractivity contribution is -0.135. The van der Waals surface area contributed by atoms with E-state index in [2.05, 4.69) is 12.2 Å². The van der Waals surface area contributed by atoms with Crippen LogP contribution in [0.3, 0.4) is 0 Å². The van der Waals surface area contributed by atoms with E-state index in [0.29, 0.717) is 32.2 Å². The van der Waals surface area contributed by atoms with E-state index < -0.39 is 0 Å². The Morgan fingerprint density at radius 3 is 3.00 bits per heavy atom. The Hall–Kier alpha value is -0.650. The minimum absolute atomic E-state index is 0.156. The summed E-state index contributed by atoms with van der Waals surface area (Å²) >= 11 is 0. The lowest BCUT2D eigenvalue weighted by atomic mass is 9.91. The van der Waals surface area contributed by atoms with Gasteiger partial charge in [-0.1, -0.05) is 6.92 Å². The molecular formula is C12H25N3O2. The lowest BCUT2D eigenvalue weighted by Crippen LogP contribution is -2.53. The molecule has 0 unspecified atom stereocenters. The lowest BCUT2D eigenvalue weighted by Gasteiger charge is -2.39. The number of ether oxygens (including phenoxy) is 1. The van der Waals surface area contributed by atoms with Crippen molar-refractivity contribution in [1.29, 1.82) is 0 Å². The van der Waals surface area contributed by atoms with Gasteiger partial charge < -0.3 is 20.7 Å². The molecule has 0 aliphatic carbocycles. The number of rotatable bonds is 6. The smallest absolute Gasteiger partial charge is 0.236 e. The number of carbonyl (C=O) groups is 1. The molecule has 2 atom stereocenters. The average molecular weight is 243 g/mol. The van der Waals surface area contributed by atoms with E-state index >= 15 is 0 Å². The monoisotopic (exact) mass is 243 g/mol. The van der Waals surface area contributed by atoms with Crippen molar-refractivity contribution in [2.45, 2.75) is 25.8 Å². The normalized spacial score (nSPS) is 25.0. The zero-order chi connectivity index (χ0) is 12.7. The summed E-state index contributed by atoms with van der Waals surface area (Å²) in [5, 5.41) is 3.09. The number of nitrogens with two attached hydrogens (primary N) is 1. The second-order valence-corrected chi connectivity index (χ2v) is 4.68. The predicted molar refractivity (Wildman–Crippen MR) is 67.7 cm³/mol. The molecule has 17 heavy (non-hydrogen) atoms. The Balaban J connectivity index is 2.37. The first kappa shape index (κ1) is 14.4. The SMILES string of the molecule is COCCNCC(=O)N1CCC[C@H](C)[C@@H]1CN. The van der Waals surface area contributed by atoms with E-state index in [1.807, 2.05) is 4.90 Å². The van der Waals surface area contributed by atoms with Gasteiger partial charge in [0.2, 0.25) is 5.91 Å². The third kappa shape index (κ3) is 4.26. The highest BCUT2D eigenvalue weighted by Gasteiger charge is 2.30. The van der Waals surface area contributed by atoms with Gasteiger partial charge in [-0.05, 0) is 18.8 Å². The van der Waals surface area contributed by atoms with Crippen LogP contribution in [0.5, 0.6) is 0 Å². The first-order chi connectivity index (χ1) is 8.20. The molecule has 0 aromatic carbocycles. The molecule has 0 aromatic heterocycles. The molecule has 0 bridgehead atoms. The van der Waals surface area contributed by atoms with Crippen LogP contribution in [0, 0.1) is 5.92 Å². The second kappa shape index (κ2) is 7.63. The molecule has 1 amide bonds. The molecule has 0 saturated carbocycles. The molecule has 1 heterocycles. The Bertz CT molecular complexity index is 236. The first-order valence-corrected chi connectivity index (χ1v) is 6.40. The first-order valence-electron chi connectivity index (χ1n) is 6.40. The largest absolute Gasteiger partial charge is 0.383 e. The van der Waals surface area contributed by atoms with Gasteiger partial charge in [0.1, 0.15) is 0 Å². The highest BCUT2D eigenvalue weighted by atomic mass is 16.5. The fourth-order valence-electron chi connectivity index (χ4n) is 2.39. The number of nitrogens with zero attached hydrogens (tertiary/aromatic N) is 1. The van der Waals surface area contributed by atoms with Gasteiger partial charge in [0.05, 0.1) is 13.2 Å². The van der Waals surface area contributed by atoms with Gasteiger partial charge in [-0.25, -0.2) is 0 Å². The average Bonchev–Trinajstić information content (AvgIpc) is 2.34. The van der Waals surface area contributed by atoms with Crippen molar-refractivity contribution in [2.24, 2.45) is 11.7 Å². The van der Waals surface area contributed by atoms with Crippen molar-refractivity contribution in [2.75, 3.05) is 39.9 Å². The maximum absolute atomic E-state index is 12.0. The summed E-state index contributed by atoms with van der Waals surface area (Å²) in [7, 11) is 1.65. The highest BCUT2D eigenvalue weighted by Crippen LogP contribution is 2.22. The third-order valence-electron chi connectivity index (χ3n) is 3.44. The van der Waals surface area contributed by atoms with Crippen LogP contribution in [0.4, 0.5) is 0 Å². The van der Waals surface area contributed by atoms with Crippen LogP contribution in [0.2, 0.25) is 0 Å². The zero-order valence-corrected chi connectivity index (χ0v) is 10.9. The van der Waals surface area contributed by atoms with E-state index in [0.717, 1.165) is 13.0 Å². The molecule has 1 rings (SSSR count). The predicted octanol–water partition coefficient (Wildman–Crippen LogP) is -0.192. The Morgan fingerprint density at radius 2 is 2.35 bits per heavy atom. The van der Waals surface area contributed by atoms with Crippen molar-refractivity contribution >= 4 is 5.91 Å². The number of likely N-dealkylation sites (tertiary alicyclic amines) is 1. The van der Waals surface area contributed by atoms with Crippen molar-refractivity contribution in [3.63, 3.8) is 0 Å². The fourth-order valence-corrected chi connectivity index (χ4v) is 2.39. The Kier molecular flexibility index (Phi) is 6.47. The summed E-state index contributed by atoms with van der Waals surface area (Å²) in [5.41, 5.74) is 5.76. The summed E-state index contributed by atoms with van der Waals surface area (Å²) in [6.45, 7) is 5.30. The highest BCUT2D eigenvalue weighted by molar-refractivity contribution is 5.78. The van der Waals surface area contributed by atoms with Crippen LogP contribution < -0.4 is 11.1 Å². The van der Waals surface area contributed by atoms with Crippen LogP contribution in [0.15, 0.2) is 0 Å². The van der Waals surface area contributed by atoms with Gasteiger partial charge in [-0.3, -0.25) is 4.79 Å². The quantitative estimate of drug-likeness (QED) is 0.634. The minimum atomic E-state index is 0.156. The maximum atomic E-state index is 12.0. The van der Waals surface area contributed by atoms with Gasteiger partial charge in [0, 0.05) is 32.8 Å². The molecule has 1 aliphatic rings. The van der Waals surface area contributed by atoms with Crippen LogP contribution in [0.25, 0.3) is 0 Å². The van der Waals surface area contributed by atoms with Crippen LogP contribution in [-0.2, 0) is 9.53 Å². The molecule has 100 valence electrons. The number of carbonyl (C=O) groups excluding carboxylic acids is 1. The van der Waals surface area contributed by atoms with Crippen molar-refractivity contribution in [3.8, 4) is 0 Å². The zero-order valence-electron chi connectivity index (χ0n) is 10.9. The Morgan fingerprint density at radius 1 is 1.59 bits per heavy atom. The number of methoxy groups -OCH3 is 1. The van der Waals surface area contributed by atoms with E-state index in [-0.39, 0.29) is 11.9 Å². The fraction of sp³-hybridized carbons (Fsp3) is 0.917. The summed E-state index contributed by atoms with van der Waals surface area (Å²) in [6.07, 6.45) is 2.25. The molecule has 1 saturated heterocycles. The van der Waals surface area contributed by atoms with Gasteiger partial charge in [-0.2, -0.15) is 0 Å². The molecule has 1 fully saturated rings. The van der Waals surface area contributed by atoms with Crippen molar-refractivity contribution < 1.29 is 9.53 Å². The van der Waals surface area contributed by atoms with E-state index in [1.54, 1.807) is 7.11 Å². The summed E-state index contributed by atoms with van der Waals surface area (Å²) in [5.74, 6) is 0.666. The summed E-state index contributed by atoms with van der Waals surface area (Å²) in [6, 6.07) is 0.209. The van der Waals surface area contributed by atoms with Gasteiger partial charge in [-0.15, -0.1) is 0 Å².